The molecule has 1 atom stereocenters. The molecule has 0 unspecified atom stereocenters. The highest BCUT2D eigenvalue weighted by atomic mass is 16.4. The van der Waals surface area contributed by atoms with Crippen molar-refractivity contribution in [1.82, 2.24) is 10.3 Å². The number of amides is 1. The summed E-state index contributed by atoms with van der Waals surface area (Å²) in [6.07, 6.45) is 1.56. The summed E-state index contributed by atoms with van der Waals surface area (Å²) < 4.78 is 11.2. The summed E-state index contributed by atoms with van der Waals surface area (Å²) in [7, 11) is 0. The zero-order valence-corrected chi connectivity index (χ0v) is 19.5. The van der Waals surface area contributed by atoms with E-state index in [1.807, 2.05) is 44.2 Å². The van der Waals surface area contributed by atoms with Crippen molar-refractivity contribution >= 4 is 44.7 Å². The van der Waals surface area contributed by atoms with Crippen molar-refractivity contribution in [2.45, 2.75) is 39.7 Å². The molecule has 0 spiro atoms. The van der Waals surface area contributed by atoms with Gasteiger partial charge in [-0.3, -0.25) is 4.79 Å². The number of para-hydroxylation sites is 1. The lowest BCUT2D eigenvalue weighted by Crippen LogP contribution is -2.43. The van der Waals surface area contributed by atoms with E-state index in [1.165, 1.54) is 0 Å². The van der Waals surface area contributed by atoms with Crippen LogP contribution in [0.4, 0.5) is 0 Å². The Hall–Kier alpha value is -4.33. The second kappa shape index (κ2) is 8.47. The summed E-state index contributed by atoms with van der Waals surface area (Å²) >= 11 is 0. The molecule has 0 fully saturated rings. The van der Waals surface area contributed by atoms with E-state index in [9.17, 15) is 19.5 Å². The molecule has 178 valence electrons. The molecule has 0 bridgehead atoms. The van der Waals surface area contributed by atoms with Gasteiger partial charge in [0, 0.05) is 40.4 Å². The SMILES string of the molecule is Cc1oc2cc3oc(=O)c(CC(=O)N[C@H](Cc4c[nH]c5ccccc45)C(=O)O)c(C)c3cc2c1C. The first kappa shape index (κ1) is 22.5. The number of aromatic nitrogens is 1. The zero-order valence-electron chi connectivity index (χ0n) is 19.5. The number of hydrogen-bond donors (Lipinski definition) is 3. The average molecular weight is 472 g/mol. The Kier molecular flexibility index (Phi) is 5.43. The van der Waals surface area contributed by atoms with E-state index in [-0.39, 0.29) is 18.4 Å². The van der Waals surface area contributed by atoms with Crippen LogP contribution in [0.15, 0.2) is 56.2 Å². The molecule has 0 saturated heterocycles. The fraction of sp³-hybridized carbons (Fsp3) is 0.222. The number of carboxylic acid groups (broad SMARTS) is 1. The van der Waals surface area contributed by atoms with E-state index in [0.717, 1.165) is 33.2 Å². The maximum atomic E-state index is 12.9. The summed E-state index contributed by atoms with van der Waals surface area (Å²) in [5.41, 5.74) is 3.85. The smallest absolute Gasteiger partial charge is 0.340 e. The number of benzene rings is 2. The third kappa shape index (κ3) is 3.97. The monoisotopic (exact) mass is 472 g/mol. The van der Waals surface area contributed by atoms with Crippen molar-refractivity contribution in [1.29, 1.82) is 0 Å². The molecule has 8 heteroatoms. The molecule has 5 rings (SSSR count). The third-order valence-electron chi connectivity index (χ3n) is 6.65. The Bertz CT molecular complexity index is 1690. The van der Waals surface area contributed by atoms with Crippen LogP contribution in [0.5, 0.6) is 0 Å². The van der Waals surface area contributed by atoms with Crippen LogP contribution in [0.25, 0.3) is 32.8 Å². The first-order valence-corrected chi connectivity index (χ1v) is 11.3. The van der Waals surface area contributed by atoms with Gasteiger partial charge in [-0.2, -0.15) is 0 Å². The normalized spacial score (nSPS) is 12.4. The second-order valence-electron chi connectivity index (χ2n) is 8.82. The number of carbonyl (C=O) groups is 2. The number of fused-ring (bicyclic) bond motifs is 3. The van der Waals surface area contributed by atoms with Crippen LogP contribution in [0, 0.1) is 20.8 Å². The van der Waals surface area contributed by atoms with Gasteiger partial charge in [0.1, 0.15) is 23.0 Å². The van der Waals surface area contributed by atoms with E-state index in [4.69, 9.17) is 8.83 Å². The lowest BCUT2D eigenvalue weighted by molar-refractivity contribution is -0.141. The Morgan fingerprint density at radius 2 is 1.71 bits per heavy atom. The summed E-state index contributed by atoms with van der Waals surface area (Å²) in [5.74, 6) is -0.938. The minimum atomic E-state index is -1.15. The number of H-pyrrole nitrogens is 1. The zero-order chi connectivity index (χ0) is 24.9. The number of furan rings is 1. The van der Waals surface area contributed by atoms with Gasteiger partial charge in [0.2, 0.25) is 5.91 Å². The molecule has 0 saturated carbocycles. The molecule has 3 aromatic heterocycles. The van der Waals surface area contributed by atoms with Crippen LogP contribution < -0.4 is 10.9 Å². The van der Waals surface area contributed by atoms with E-state index in [1.54, 1.807) is 19.2 Å². The van der Waals surface area contributed by atoms with Gasteiger partial charge in [0.15, 0.2) is 0 Å². The lowest BCUT2D eigenvalue weighted by atomic mass is 10.0. The molecule has 0 aliphatic carbocycles. The molecule has 5 aromatic rings. The van der Waals surface area contributed by atoms with Crippen molar-refractivity contribution in [3.63, 3.8) is 0 Å². The average Bonchev–Trinajstić information content (AvgIpc) is 3.35. The van der Waals surface area contributed by atoms with E-state index >= 15 is 0 Å². The van der Waals surface area contributed by atoms with Crippen molar-refractivity contribution in [2.24, 2.45) is 0 Å². The number of aliphatic carboxylic acids is 1. The first-order chi connectivity index (χ1) is 16.7. The number of carboxylic acids is 1. The van der Waals surface area contributed by atoms with Gasteiger partial charge in [-0.05, 0) is 49.6 Å². The fourth-order valence-electron chi connectivity index (χ4n) is 4.56. The van der Waals surface area contributed by atoms with Gasteiger partial charge >= 0.3 is 11.6 Å². The van der Waals surface area contributed by atoms with E-state index in [0.29, 0.717) is 22.1 Å². The first-order valence-electron chi connectivity index (χ1n) is 11.3. The molecular weight excluding hydrogens is 448 g/mol. The summed E-state index contributed by atoms with van der Waals surface area (Å²) in [6.45, 7) is 5.58. The molecule has 0 aliphatic heterocycles. The molecule has 8 nitrogen and oxygen atoms in total. The number of carbonyl (C=O) groups excluding carboxylic acids is 1. The van der Waals surface area contributed by atoms with Crippen molar-refractivity contribution < 1.29 is 23.5 Å². The second-order valence-corrected chi connectivity index (χ2v) is 8.82. The number of aromatic amines is 1. The van der Waals surface area contributed by atoms with Crippen LogP contribution in [-0.4, -0.2) is 28.0 Å². The molecule has 3 N–H and O–H groups in total. The largest absolute Gasteiger partial charge is 0.480 e. The summed E-state index contributed by atoms with van der Waals surface area (Å²) in [4.78, 5) is 40.6. The minimum Gasteiger partial charge on any atom is -0.480 e. The van der Waals surface area contributed by atoms with E-state index in [2.05, 4.69) is 10.3 Å². The quantitative estimate of drug-likeness (QED) is 0.316. The Balaban J connectivity index is 1.42. The minimum absolute atomic E-state index is 0.105. The van der Waals surface area contributed by atoms with Gasteiger partial charge in [-0.1, -0.05) is 18.2 Å². The Morgan fingerprint density at radius 1 is 1.00 bits per heavy atom. The highest BCUT2D eigenvalue weighted by Crippen LogP contribution is 2.31. The fourth-order valence-corrected chi connectivity index (χ4v) is 4.56. The number of rotatable bonds is 6. The van der Waals surface area contributed by atoms with Gasteiger partial charge in [0.05, 0.1) is 12.0 Å². The summed E-state index contributed by atoms with van der Waals surface area (Å²) in [5, 5.41) is 14.8. The summed E-state index contributed by atoms with van der Waals surface area (Å²) in [6, 6.07) is 9.98. The van der Waals surface area contributed by atoms with Crippen LogP contribution >= 0.6 is 0 Å². The topological polar surface area (TPSA) is 126 Å². The van der Waals surface area contributed by atoms with Gasteiger partial charge in [-0.25, -0.2) is 9.59 Å². The standard InChI is InChI=1S/C27H24N2O6/c1-13-15(3)34-23-11-24-19(9-18(13)23)14(2)20(27(33)35-24)10-25(30)29-22(26(31)32)8-16-12-28-21-7-5-4-6-17(16)21/h4-7,9,11-12,22,28H,8,10H2,1-3H3,(H,29,30)(H,31,32)/t22-/m1/s1. The molecule has 1 amide bonds. The Labute approximate surface area is 199 Å². The highest BCUT2D eigenvalue weighted by molar-refractivity contribution is 5.97. The van der Waals surface area contributed by atoms with Crippen LogP contribution in [0.2, 0.25) is 0 Å². The third-order valence-corrected chi connectivity index (χ3v) is 6.65. The maximum Gasteiger partial charge on any atom is 0.340 e. The van der Waals surface area contributed by atoms with Crippen LogP contribution in [-0.2, 0) is 22.4 Å². The number of nitrogens with one attached hydrogen (secondary N) is 2. The van der Waals surface area contributed by atoms with Gasteiger partial charge in [-0.15, -0.1) is 0 Å². The van der Waals surface area contributed by atoms with E-state index < -0.39 is 23.5 Å². The molecule has 2 aromatic carbocycles. The predicted molar refractivity (Wildman–Crippen MR) is 132 cm³/mol. The van der Waals surface area contributed by atoms with Crippen molar-refractivity contribution in [3.05, 3.63) is 81.0 Å². The Morgan fingerprint density at radius 3 is 2.49 bits per heavy atom. The van der Waals surface area contributed by atoms with Crippen LogP contribution in [0.1, 0.15) is 28.0 Å². The highest BCUT2D eigenvalue weighted by Gasteiger charge is 2.24. The van der Waals surface area contributed by atoms with Gasteiger partial charge < -0.3 is 24.2 Å². The predicted octanol–water partition coefficient (Wildman–Crippen LogP) is 4.30. The lowest BCUT2D eigenvalue weighted by Gasteiger charge is -2.15. The molecule has 3 heterocycles. The van der Waals surface area contributed by atoms with Crippen molar-refractivity contribution in [3.8, 4) is 0 Å². The molecule has 0 aliphatic rings. The molecule has 0 radical (unpaired) electrons. The molecular formula is C27H24N2O6. The van der Waals surface area contributed by atoms with Gasteiger partial charge in [0.25, 0.3) is 0 Å². The number of aryl methyl sites for hydroxylation is 3. The van der Waals surface area contributed by atoms with Crippen LogP contribution in [0.3, 0.4) is 0 Å². The number of hydrogen-bond acceptors (Lipinski definition) is 5. The van der Waals surface area contributed by atoms with Crippen molar-refractivity contribution in [2.75, 3.05) is 0 Å². The molecule has 35 heavy (non-hydrogen) atoms. The maximum absolute atomic E-state index is 12.9.